The van der Waals surface area contributed by atoms with E-state index in [0.29, 0.717) is 29.5 Å². The molecule has 1 saturated heterocycles. The molecule has 8 nitrogen and oxygen atoms in total. The fourth-order valence-electron chi connectivity index (χ4n) is 4.23. The number of H-pyrrole nitrogens is 1. The van der Waals surface area contributed by atoms with E-state index in [9.17, 15) is 4.79 Å². The summed E-state index contributed by atoms with van der Waals surface area (Å²) in [6.45, 7) is 4.99. The Morgan fingerprint density at radius 2 is 2.03 bits per heavy atom. The summed E-state index contributed by atoms with van der Waals surface area (Å²) in [6.07, 6.45) is 5.39. The molecule has 1 atom stereocenters. The Morgan fingerprint density at radius 1 is 1.17 bits per heavy atom. The second-order valence-electron chi connectivity index (χ2n) is 8.56. The Balaban J connectivity index is 1.35. The molecule has 1 aliphatic heterocycles. The van der Waals surface area contributed by atoms with Crippen LogP contribution in [0.1, 0.15) is 25.3 Å². The highest BCUT2D eigenvalue weighted by atomic mass is 16.5. The third kappa shape index (κ3) is 4.94. The fraction of sp³-hybridized carbons (Fsp3) is 0.259. The zero-order chi connectivity index (χ0) is 24.2. The number of pyridine rings is 2. The number of aryl methyl sites for hydroxylation is 1. The summed E-state index contributed by atoms with van der Waals surface area (Å²) in [5, 5.41) is 11.7. The highest BCUT2D eigenvalue weighted by Gasteiger charge is 2.24. The van der Waals surface area contributed by atoms with E-state index in [1.807, 2.05) is 55.6 Å². The molecule has 4 heterocycles. The second kappa shape index (κ2) is 9.85. The second-order valence-corrected chi connectivity index (χ2v) is 8.56. The molecule has 4 aromatic rings. The smallest absolute Gasteiger partial charge is 0.298 e. The number of anilines is 1. The first-order valence-corrected chi connectivity index (χ1v) is 11.6. The molecule has 0 aliphatic carbocycles. The highest BCUT2D eigenvalue weighted by Crippen LogP contribution is 2.34. The summed E-state index contributed by atoms with van der Waals surface area (Å²) >= 11 is 0. The maximum Gasteiger partial charge on any atom is 0.298 e. The lowest BCUT2D eigenvalue weighted by molar-refractivity contribution is -0.126. The Morgan fingerprint density at radius 3 is 2.80 bits per heavy atom. The third-order valence-corrected chi connectivity index (χ3v) is 5.99. The van der Waals surface area contributed by atoms with Crippen molar-refractivity contribution in [2.24, 2.45) is 0 Å². The number of aromatic amines is 1. The number of rotatable bonds is 5. The first-order chi connectivity index (χ1) is 17.1. The lowest BCUT2D eigenvalue weighted by atomic mass is 10.1. The van der Waals surface area contributed by atoms with E-state index in [0.717, 1.165) is 41.6 Å². The maximum atomic E-state index is 12.2. The summed E-state index contributed by atoms with van der Waals surface area (Å²) in [6, 6.07) is 13.8. The van der Waals surface area contributed by atoms with Crippen molar-refractivity contribution in [3.63, 3.8) is 0 Å². The zero-order valence-electron chi connectivity index (χ0n) is 19.7. The van der Waals surface area contributed by atoms with Gasteiger partial charge in [-0.25, -0.2) is 4.98 Å². The van der Waals surface area contributed by atoms with Crippen LogP contribution in [-0.2, 0) is 4.79 Å². The van der Waals surface area contributed by atoms with Gasteiger partial charge < -0.3 is 15.0 Å². The molecule has 8 heteroatoms. The molecule has 1 aliphatic rings. The van der Waals surface area contributed by atoms with E-state index in [4.69, 9.17) is 4.74 Å². The Labute approximate surface area is 203 Å². The Kier molecular flexibility index (Phi) is 6.31. The van der Waals surface area contributed by atoms with Crippen molar-refractivity contribution in [1.29, 1.82) is 0 Å². The minimum absolute atomic E-state index is 0.0622. The number of carbonyl (C=O) groups is 1. The minimum Gasteiger partial charge on any atom is -0.456 e. The maximum absolute atomic E-state index is 12.2. The van der Waals surface area contributed by atoms with Crippen molar-refractivity contribution in [3.8, 4) is 34.6 Å². The average molecular weight is 467 g/mol. The molecule has 2 N–H and O–H groups in total. The third-order valence-electron chi connectivity index (χ3n) is 5.99. The summed E-state index contributed by atoms with van der Waals surface area (Å²) in [5.41, 5.74) is 3.69. The highest BCUT2D eigenvalue weighted by molar-refractivity contribution is 5.94. The number of amides is 1. The Hall–Kier alpha value is -4.38. The van der Waals surface area contributed by atoms with Crippen LogP contribution in [-0.4, -0.2) is 50.1 Å². The van der Waals surface area contributed by atoms with Crippen LogP contribution in [0.2, 0.25) is 0 Å². The molecule has 3 aromatic heterocycles. The van der Waals surface area contributed by atoms with Crippen molar-refractivity contribution in [1.82, 2.24) is 25.1 Å². The molecule has 0 radical (unpaired) electrons. The molecule has 0 unspecified atom stereocenters. The number of nitrogens with one attached hydrogen (secondary N) is 2. The number of ether oxygens (including phenoxy) is 1. The minimum atomic E-state index is -0.138. The topological polar surface area (TPSA) is 96.0 Å². The molecule has 5 rings (SSSR count). The zero-order valence-corrected chi connectivity index (χ0v) is 19.7. The van der Waals surface area contributed by atoms with Crippen molar-refractivity contribution in [3.05, 3.63) is 60.4 Å². The van der Waals surface area contributed by atoms with Crippen LogP contribution < -0.4 is 10.1 Å². The standard InChI is InChI=1S/C27H26N6O2/c1-3-5-24(34)33-15-4-6-20(17-33)30-27-25-23(13-14-28-26(25)31-32-27)35-21-10-8-19(9-11-21)22-12-7-18(2)16-29-22/h7-14,16,20H,4,6,15,17H2,1-2H3,(H2,28,30,31,32)/t20-/m1/s1. The predicted molar refractivity (Wildman–Crippen MR) is 135 cm³/mol. The van der Waals surface area contributed by atoms with Gasteiger partial charge in [-0.05, 0) is 68.5 Å². The van der Waals surface area contributed by atoms with Crippen LogP contribution >= 0.6 is 0 Å². The summed E-state index contributed by atoms with van der Waals surface area (Å²) in [5.74, 6) is 7.19. The van der Waals surface area contributed by atoms with Gasteiger partial charge in [0.2, 0.25) is 0 Å². The van der Waals surface area contributed by atoms with Gasteiger partial charge in [0, 0.05) is 43.2 Å². The van der Waals surface area contributed by atoms with Gasteiger partial charge in [0.05, 0.1) is 5.69 Å². The first kappa shape index (κ1) is 22.4. The summed E-state index contributed by atoms with van der Waals surface area (Å²) in [4.78, 5) is 22.9. The van der Waals surface area contributed by atoms with Gasteiger partial charge in [0.1, 0.15) is 16.9 Å². The molecule has 1 fully saturated rings. The average Bonchev–Trinajstić information content (AvgIpc) is 3.29. The molecule has 35 heavy (non-hydrogen) atoms. The summed E-state index contributed by atoms with van der Waals surface area (Å²) < 4.78 is 6.24. The van der Waals surface area contributed by atoms with E-state index >= 15 is 0 Å². The van der Waals surface area contributed by atoms with E-state index in [1.165, 1.54) is 0 Å². The number of aromatic nitrogens is 4. The monoisotopic (exact) mass is 466 g/mol. The van der Waals surface area contributed by atoms with Crippen molar-refractivity contribution >= 4 is 22.8 Å². The molecule has 0 saturated carbocycles. The van der Waals surface area contributed by atoms with E-state index < -0.39 is 0 Å². The molecule has 0 spiro atoms. The van der Waals surface area contributed by atoms with E-state index in [2.05, 4.69) is 37.3 Å². The number of likely N-dealkylation sites (tertiary alicyclic amines) is 1. The van der Waals surface area contributed by atoms with Crippen LogP contribution in [0.5, 0.6) is 11.5 Å². The largest absolute Gasteiger partial charge is 0.456 e. The van der Waals surface area contributed by atoms with Gasteiger partial charge in [-0.15, -0.1) is 0 Å². The number of hydrogen-bond donors (Lipinski definition) is 2. The number of fused-ring (bicyclic) bond motifs is 1. The summed E-state index contributed by atoms with van der Waals surface area (Å²) in [7, 11) is 0. The van der Waals surface area contributed by atoms with Gasteiger partial charge in [-0.3, -0.25) is 14.9 Å². The van der Waals surface area contributed by atoms with Crippen molar-refractivity contribution < 1.29 is 9.53 Å². The van der Waals surface area contributed by atoms with Gasteiger partial charge in [0.25, 0.3) is 5.91 Å². The quantitative estimate of drug-likeness (QED) is 0.419. The molecular weight excluding hydrogens is 440 g/mol. The first-order valence-electron chi connectivity index (χ1n) is 11.6. The van der Waals surface area contributed by atoms with Crippen LogP contribution in [0.25, 0.3) is 22.3 Å². The molecule has 1 amide bonds. The van der Waals surface area contributed by atoms with E-state index in [1.54, 1.807) is 18.0 Å². The van der Waals surface area contributed by atoms with Crippen LogP contribution in [0.15, 0.2) is 54.9 Å². The number of hydrogen-bond acceptors (Lipinski definition) is 6. The van der Waals surface area contributed by atoms with Gasteiger partial charge in [0.15, 0.2) is 11.5 Å². The molecular formula is C27H26N6O2. The number of benzene rings is 1. The molecule has 0 bridgehead atoms. The number of nitrogens with zero attached hydrogens (tertiary/aromatic N) is 4. The number of carbonyl (C=O) groups excluding carboxylic acids is 1. The van der Waals surface area contributed by atoms with Crippen LogP contribution in [0.3, 0.4) is 0 Å². The normalized spacial score (nSPS) is 15.4. The van der Waals surface area contributed by atoms with Crippen LogP contribution in [0, 0.1) is 18.8 Å². The predicted octanol–water partition coefficient (Wildman–Crippen LogP) is 4.55. The van der Waals surface area contributed by atoms with Crippen molar-refractivity contribution in [2.75, 3.05) is 18.4 Å². The van der Waals surface area contributed by atoms with Gasteiger partial charge in [-0.1, -0.05) is 12.0 Å². The van der Waals surface area contributed by atoms with E-state index in [-0.39, 0.29) is 11.9 Å². The number of piperidine rings is 1. The molecule has 1 aromatic carbocycles. The van der Waals surface area contributed by atoms with Crippen molar-refractivity contribution in [2.45, 2.75) is 32.7 Å². The Bertz CT molecular complexity index is 1400. The van der Waals surface area contributed by atoms with Crippen LogP contribution in [0.4, 0.5) is 5.82 Å². The lowest BCUT2D eigenvalue weighted by Gasteiger charge is -2.32. The SMILES string of the molecule is CC#CC(=O)N1CCC[C@@H](Nc2n[nH]c3nccc(Oc4ccc(-c5ccc(C)cn5)cc4)c23)C1. The molecule has 176 valence electrons. The van der Waals surface area contributed by atoms with Gasteiger partial charge in [-0.2, -0.15) is 5.10 Å². The fourth-order valence-corrected chi connectivity index (χ4v) is 4.23. The lowest BCUT2D eigenvalue weighted by Crippen LogP contribution is -2.44. The van der Waals surface area contributed by atoms with Gasteiger partial charge >= 0.3 is 0 Å².